The molecule has 6 nitrogen and oxygen atoms in total. The van der Waals surface area contributed by atoms with E-state index in [1.54, 1.807) is 23.2 Å². The maximum atomic E-state index is 12.7. The van der Waals surface area contributed by atoms with Crippen LogP contribution in [-0.2, 0) is 16.0 Å². The van der Waals surface area contributed by atoms with Crippen molar-refractivity contribution in [2.45, 2.75) is 32.7 Å². The van der Waals surface area contributed by atoms with Crippen molar-refractivity contribution < 1.29 is 9.59 Å². The van der Waals surface area contributed by atoms with E-state index in [0.29, 0.717) is 18.7 Å². The van der Waals surface area contributed by atoms with Crippen molar-refractivity contribution in [3.8, 4) is 0 Å². The number of aryl methyl sites for hydroxylation is 2. The average Bonchev–Trinajstić information content (AvgIpc) is 3.13. The van der Waals surface area contributed by atoms with Gasteiger partial charge < -0.3 is 15.2 Å². The summed E-state index contributed by atoms with van der Waals surface area (Å²) in [6.07, 6.45) is 8.11. The predicted octanol–water partition coefficient (Wildman–Crippen LogP) is 3.99. The lowest BCUT2D eigenvalue weighted by Crippen LogP contribution is -2.27. The summed E-state index contributed by atoms with van der Waals surface area (Å²) in [5.74, 6) is 0.529. The number of rotatable bonds is 4. The molecular weight excluding hydrogens is 364 g/mol. The number of hydrogen-bond acceptors (Lipinski definition) is 3. The Balaban J connectivity index is 1.49. The van der Waals surface area contributed by atoms with Gasteiger partial charge in [0.1, 0.15) is 5.82 Å². The molecule has 0 saturated carbocycles. The first-order valence-electron chi connectivity index (χ1n) is 9.73. The first-order valence-corrected chi connectivity index (χ1v) is 9.73. The number of carbonyl (C=O) groups excluding carboxylic acids is 2. The van der Waals surface area contributed by atoms with E-state index in [2.05, 4.69) is 40.4 Å². The largest absolute Gasteiger partial charge is 0.361 e. The number of likely N-dealkylation sites (N-methyl/N-ethyl adjacent to an activating group) is 1. The van der Waals surface area contributed by atoms with Gasteiger partial charge in [-0.2, -0.15) is 0 Å². The molecule has 1 aliphatic rings. The van der Waals surface area contributed by atoms with Gasteiger partial charge in [0.15, 0.2) is 0 Å². The summed E-state index contributed by atoms with van der Waals surface area (Å²) in [5.41, 5.74) is 5.21. The van der Waals surface area contributed by atoms with Crippen LogP contribution in [0.15, 0.2) is 42.7 Å². The molecule has 3 aromatic rings. The number of nitrogens with zero attached hydrogens (tertiary/aromatic N) is 2. The molecule has 0 spiro atoms. The summed E-state index contributed by atoms with van der Waals surface area (Å²) < 4.78 is 0. The van der Waals surface area contributed by atoms with Crippen molar-refractivity contribution in [2.24, 2.45) is 0 Å². The Morgan fingerprint density at radius 2 is 2.10 bits per heavy atom. The Labute approximate surface area is 169 Å². The highest BCUT2D eigenvalue weighted by atomic mass is 16.2. The second kappa shape index (κ2) is 7.54. The molecule has 1 unspecified atom stereocenters. The average molecular weight is 388 g/mol. The topological polar surface area (TPSA) is 78.1 Å². The summed E-state index contributed by atoms with van der Waals surface area (Å²) in [7, 11) is 1.81. The molecule has 4 rings (SSSR count). The highest BCUT2D eigenvalue weighted by molar-refractivity contribution is 5.94. The van der Waals surface area contributed by atoms with Gasteiger partial charge in [-0.1, -0.05) is 12.1 Å². The molecule has 0 aliphatic carbocycles. The summed E-state index contributed by atoms with van der Waals surface area (Å²) >= 11 is 0. The van der Waals surface area contributed by atoms with Gasteiger partial charge in [0.2, 0.25) is 11.8 Å². The van der Waals surface area contributed by atoms with Gasteiger partial charge in [0.25, 0.3) is 0 Å². The number of carbonyl (C=O) groups is 2. The quantitative estimate of drug-likeness (QED) is 0.664. The fourth-order valence-electron chi connectivity index (χ4n) is 3.66. The summed E-state index contributed by atoms with van der Waals surface area (Å²) in [5, 5.41) is 3.90. The van der Waals surface area contributed by atoms with Gasteiger partial charge in [-0.3, -0.25) is 9.59 Å². The number of fused-ring (bicyclic) bond motifs is 2. The molecule has 1 aliphatic heterocycles. The van der Waals surface area contributed by atoms with E-state index < -0.39 is 0 Å². The molecule has 1 aromatic carbocycles. The third-order valence-electron chi connectivity index (χ3n) is 5.53. The lowest BCUT2D eigenvalue weighted by Gasteiger charge is -2.23. The first-order chi connectivity index (χ1) is 13.9. The van der Waals surface area contributed by atoms with Crippen LogP contribution in [0.25, 0.3) is 17.0 Å². The fourth-order valence-corrected chi connectivity index (χ4v) is 3.66. The lowest BCUT2D eigenvalue weighted by molar-refractivity contribution is -0.126. The minimum Gasteiger partial charge on any atom is -0.361 e. The Bertz CT molecular complexity index is 1130. The zero-order chi connectivity index (χ0) is 20.5. The maximum Gasteiger partial charge on any atom is 0.246 e. The summed E-state index contributed by atoms with van der Waals surface area (Å²) in [4.78, 5) is 33.5. The molecule has 1 atom stereocenters. The van der Waals surface area contributed by atoms with Gasteiger partial charge in [0.05, 0.1) is 6.04 Å². The van der Waals surface area contributed by atoms with E-state index in [4.69, 9.17) is 0 Å². The molecular formula is C23H24N4O2. The van der Waals surface area contributed by atoms with Crippen molar-refractivity contribution in [1.82, 2.24) is 14.9 Å². The molecule has 0 radical (unpaired) electrons. The molecule has 2 amide bonds. The second-order valence-electron chi connectivity index (χ2n) is 7.58. The SMILES string of the molecule is Cc1ccc2c(C(C)N(C)C(=O)C=Cc3cnc4c(c3)CCC(=O)N4)c[nH]c2c1. The normalized spacial score (nSPS) is 14.7. The molecule has 2 N–H and O–H groups in total. The third kappa shape index (κ3) is 3.78. The number of benzene rings is 1. The van der Waals surface area contributed by atoms with Gasteiger partial charge in [-0.25, -0.2) is 4.98 Å². The Hall–Kier alpha value is -3.41. The standard InChI is InChI=1S/C23H24N4O2/c1-14-4-7-18-19(13-24-20(18)10-14)15(2)27(3)22(29)9-5-16-11-17-6-8-21(28)26-23(17)25-12-16/h4-5,7,9-13,15,24H,6,8H2,1-3H3,(H,25,26,28). The van der Waals surface area contributed by atoms with Gasteiger partial charge in [0, 0.05) is 42.8 Å². The van der Waals surface area contributed by atoms with Crippen LogP contribution in [0.5, 0.6) is 0 Å². The van der Waals surface area contributed by atoms with E-state index >= 15 is 0 Å². The van der Waals surface area contributed by atoms with Crippen LogP contribution >= 0.6 is 0 Å². The number of anilines is 1. The smallest absolute Gasteiger partial charge is 0.246 e. The van der Waals surface area contributed by atoms with E-state index in [0.717, 1.165) is 27.6 Å². The Morgan fingerprint density at radius 3 is 2.93 bits per heavy atom. The van der Waals surface area contributed by atoms with Crippen molar-refractivity contribution >= 4 is 34.6 Å². The minimum atomic E-state index is -0.0787. The zero-order valence-electron chi connectivity index (χ0n) is 16.8. The molecule has 0 saturated heterocycles. The van der Waals surface area contributed by atoms with Crippen LogP contribution < -0.4 is 5.32 Å². The maximum absolute atomic E-state index is 12.7. The highest BCUT2D eigenvalue weighted by Gasteiger charge is 2.19. The third-order valence-corrected chi connectivity index (χ3v) is 5.53. The van der Waals surface area contributed by atoms with E-state index in [9.17, 15) is 9.59 Å². The molecule has 29 heavy (non-hydrogen) atoms. The highest BCUT2D eigenvalue weighted by Crippen LogP contribution is 2.28. The zero-order valence-corrected chi connectivity index (χ0v) is 16.8. The van der Waals surface area contributed by atoms with Crippen molar-refractivity contribution in [3.63, 3.8) is 0 Å². The Kier molecular flexibility index (Phi) is 4.92. The molecule has 0 bridgehead atoms. The summed E-state index contributed by atoms with van der Waals surface area (Å²) in [6, 6.07) is 8.19. The van der Waals surface area contributed by atoms with Crippen LogP contribution in [0.3, 0.4) is 0 Å². The number of pyridine rings is 1. The van der Waals surface area contributed by atoms with Gasteiger partial charge >= 0.3 is 0 Å². The van der Waals surface area contributed by atoms with Crippen LogP contribution in [0.1, 0.15) is 41.6 Å². The first kappa shape index (κ1) is 18.9. The van der Waals surface area contributed by atoms with Crippen molar-refractivity contribution in [2.75, 3.05) is 12.4 Å². The van der Waals surface area contributed by atoms with Crippen molar-refractivity contribution in [3.05, 3.63) is 65.0 Å². The fraction of sp³-hybridized carbons (Fsp3) is 0.261. The van der Waals surface area contributed by atoms with E-state index in [-0.39, 0.29) is 17.9 Å². The van der Waals surface area contributed by atoms with Crippen LogP contribution in [0.4, 0.5) is 5.82 Å². The van der Waals surface area contributed by atoms with Crippen LogP contribution in [0.2, 0.25) is 0 Å². The Morgan fingerprint density at radius 1 is 1.28 bits per heavy atom. The molecule has 3 heterocycles. The van der Waals surface area contributed by atoms with Gasteiger partial charge in [-0.05, 0) is 60.7 Å². The number of aromatic nitrogens is 2. The second-order valence-corrected chi connectivity index (χ2v) is 7.58. The van der Waals surface area contributed by atoms with Gasteiger partial charge in [-0.15, -0.1) is 0 Å². The number of amides is 2. The number of H-pyrrole nitrogens is 1. The lowest BCUT2D eigenvalue weighted by atomic mass is 10.0. The number of nitrogens with one attached hydrogen (secondary N) is 2. The number of hydrogen-bond donors (Lipinski definition) is 2. The van der Waals surface area contributed by atoms with Crippen LogP contribution in [0, 0.1) is 6.92 Å². The number of aromatic amines is 1. The van der Waals surface area contributed by atoms with Crippen molar-refractivity contribution in [1.29, 1.82) is 0 Å². The van der Waals surface area contributed by atoms with Crippen LogP contribution in [-0.4, -0.2) is 33.7 Å². The summed E-state index contributed by atoms with van der Waals surface area (Å²) in [6.45, 7) is 4.09. The molecule has 0 fully saturated rings. The minimum absolute atomic E-state index is 0.00785. The molecule has 148 valence electrons. The van der Waals surface area contributed by atoms with E-state index in [1.807, 2.05) is 26.2 Å². The predicted molar refractivity (Wildman–Crippen MR) is 114 cm³/mol. The monoisotopic (exact) mass is 388 g/mol. The molecule has 2 aromatic heterocycles. The van der Waals surface area contributed by atoms with E-state index in [1.165, 1.54) is 5.56 Å². The molecule has 6 heteroatoms.